The lowest BCUT2D eigenvalue weighted by molar-refractivity contribution is -0.138. The highest BCUT2D eigenvalue weighted by Gasteiger charge is 2.39. The number of aromatic nitrogens is 2. The maximum absolute atomic E-state index is 14.2. The van der Waals surface area contributed by atoms with E-state index in [1.54, 1.807) is 62.0 Å². The van der Waals surface area contributed by atoms with Crippen molar-refractivity contribution in [3.8, 4) is 0 Å². The molecule has 2 saturated heterocycles. The Morgan fingerprint density at radius 1 is 0.606 bits per heavy atom. The summed E-state index contributed by atoms with van der Waals surface area (Å²) < 4.78 is 11.8. The molecular weight excluding hydrogens is 891 g/mol. The van der Waals surface area contributed by atoms with Crippen LogP contribution < -0.4 is 31.9 Å². The predicted molar refractivity (Wildman–Crippen MR) is 252 cm³/mol. The highest BCUT2D eigenvalue weighted by atomic mass is 35.5. The predicted octanol–water partition coefficient (Wildman–Crippen LogP) is 5.56. The molecule has 0 bridgehead atoms. The van der Waals surface area contributed by atoms with Gasteiger partial charge in [-0.05, 0) is 90.7 Å². The number of para-hydroxylation sites is 2. The van der Waals surface area contributed by atoms with Crippen molar-refractivity contribution >= 4 is 71.6 Å². The quantitative estimate of drug-likeness (QED) is 0.0564. The first-order valence-corrected chi connectivity index (χ1v) is 22.2. The van der Waals surface area contributed by atoms with E-state index in [1.165, 1.54) is 12.4 Å². The number of hydrogen-bond acceptors (Lipinski definition) is 12. The van der Waals surface area contributed by atoms with E-state index in [2.05, 4.69) is 41.9 Å². The third kappa shape index (κ3) is 13.9. The molecule has 0 aliphatic carbocycles. The molecule has 2 aliphatic heterocycles. The summed E-state index contributed by atoms with van der Waals surface area (Å²) in [4.78, 5) is 92.5. The number of amides is 6. The Bertz CT molecular complexity index is 2060. The molecule has 2 fully saturated rings. The van der Waals surface area contributed by atoms with Crippen LogP contribution in [0.2, 0.25) is 0 Å². The minimum Gasteiger partial charge on any atom is -0.433 e. The van der Waals surface area contributed by atoms with Gasteiger partial charge in [0.1, 0.15) is 24.2 Å². The van der Waals surface area contributed by atoms with Gasteiger partial charge in [0.25, 0.3) is 11.8 Å². The molecule has 66 heavy (non-hydrogen) atoms. The van der Waals surface area contributed by atoms with Gasteiger partial charge >= 0.3 is 0 Å². The van der Waals surface area contributed by atoms with E-state index in [9.17, 15) is 28.8 Å². The summed E-state index contributed by atoms with van der Waals surface area (Å²) in [6.07, 6.45) is 8.64. The van der Waals surface area contributed by atoms with Gasteiger partial charge in [-0.15, -0.1) is 24.8 Å². The normalized spacial score (nSPS) is 17.3. The summed E-state index contributed by atoms with van der Waals surface area (Å²) in [6.45, 7) is 4.32. The summed E-state index contributed by atoms with van der Waals surface area (Å²) >= 11 is 0. The monoisotopic (exact) mass is 952 g/mol. The van der Waals surface area contributed by atoms with Gasteiger partial charge in [-0.25, -0.2) is 9.97 Å². The first kappa shape index (κ1) is 52.8. The second kappa shape index (κ2) is 25.8. The lowest BCUT2D eigenvalue weighted by Crippen LogP contribution is -2.52. The van der Waals surface area contributed by atoms with Crippen molar-refractivity contribution in [2.24, 2.45) is 0 Å². The molecule has 6 rings (SSSR count). The third-order valence-electron chi connectivity index (χ3n) is 11.8. The second-order valence-corrected chi connectivity index (χ2v) is 16.3. The summed E-state index contributed by atoms with van der Waals surface area (Å²) in [5.41, 5.74) is 1.22. The number of likely N-dealkylation sites (tertiary alicyclic amines) is 2. The summed E-state index contributed by atoms with van der Waals surface area (Å²) in [5, 5.41) is 17.3. The SMILES string of the molecule is CN[C@@H](C)C(=O)N[C@@H](CCCCCC[C@H](NC(=O)[C@H](C)NC)C(=O)N1CCC[C@H]1c1ncc(C(=O)Nc2ccccc2)o1)C(=O)N1CCC[C@H]1c1ncc(C(=O)Nc2ccccc2)o1.Cl.Cl. The third-order valence-corrected chi connectivity index (χ3v) is 11.8. The number of nitrogens with one attached hydrogen (secondary N) is 6. The molecule has 6 amide bonds. The molecule has 2 aromatic heterocycles. The molecule has 0 spiro atoms. The van der Waals surface area contributed by atoms with Gasteiger partial charge in [-0.1, -0.05) is 62.1 Å². The van der Waals surface area contributed by atoms with E-state index in [0.29, 0.717) is 88.7 Å². The number of rotatable bonds is 21. The lowest BCUT2D eigenvalue weighted by Gasteiger charge is -2.29. The molecule has 20 heteroatoms. The van der Waals surface area contributed by atoms with E-state index in [4.69, 9.17) is 8.83 Å². The van der Waals surface area contributed by atoms with Crippen molar-refractivity contribution in [2.75, 3.05) is 37.8 Å². The smallest absolute Gasteiger partial charge is 0.293 e. The molecule has 4 aromatic rings. The molecule has 2 aromatic carbocycles. The maximum atomic E-state index is 14.2. The minimum atomic E-state index is -0.816. The van der Waals surface area contributed by atoms with E-state index in [-0.39, 0.29) is 71.7 Å². The molecule has 358 valence electrons. The molecule has 6 atom stereocenters. The number of carbonyl (C=O) groups is 6. The van der Waals surface area contributed by atoms with Crippen molar-refractivity contribution in [2.45, 2.75) is 114 Å². The van der Waals surface area contributed by atoms with Crippen LogP contribution in [-0.2, 0) is 19.2 Å². The van der Waals surface area contributed by atoms with Crippen LogP contribution in [0.5, 0.6) is 0 Å². The highest BCUT2D eigenvalue weighted by molar-refractivity contribution is 6.02. The summed E-state index contributed by atoms with van der Waals surface area (Å²) in [6, 6.07) is 14.3. The Balaban J connectivity index is 0.00000476. The van der Waals surface area contributed by atoms with Crippen molar-refractivity contribution in [1.82, 2.24) is 41.0 Å². The van der Waals surface area contributed by atoms with Crippen LogP contribution >= 0.6 is 24.8 Å². The number of hydrogen-bond donors (Lipinski definition) is 6. The topological polar surface area (TPSA) is 233 Å². The lowest BCUT2D eigenvalue weighted by atomic mass is 10.0. The molecule has 0 saturated carbocycles. The molecule has 6 N–H and O–H groups in total. The zero-order valence-electron chi connectivity index (χ0n) is 37.7. The number of likely N-dealkylation sites (N-methyl/N-ethyl adjacent to an activating group) is 2. The van der Waals surface area contributed by atoms with Gasteiger partial charge < -0.3 is 50.5 Å². The highest BCUT2D eigenvalue weighted by Crippen LogP contribution is 2.34. The fourth-order valence-corrected chi connectivity index (χ4v) is 7.92. The van der Waals surface area contributed by atoms with Crippen molar-refractivity contribution in [1.29, 1.82) is 0 Å². The van der Waals surface area contributed by atoms with Crippen LogP contribution in [0.1, 0.15) is 123 Å². The van der Waals surface area contributed by atoms with Gasteiger partial charge in [-0.2, -0.15) is 0 Å². The Morgan fingerprint density at radius 2 is 0.985 bits per heavy atom. The molecule has 2 aliphatic rings. The van der Waals surface area contributed by atoms with E-state index in [0.717, 1.165) is 0 Å². The molecular formula is C46H62Cl2N10O8. The number of unbranched alkanes of at least 4 members (excludes halogenated alkanes) is 3. The maximum Gasteiger partial charge on any atom is 0.293 e. The number of carbonyl (C=O) groups excluding carboxylic acids is 6. The van der Waals surface area contributed by atoms with Crippen LogP contribution in [0.25, 0.3) is 0 Å². The van der Waals surface area contributed by atoms with Crippen LogP contribution in [0.3, 0.4) is 0 Å². The van der Waals surface area contributed by atoms with Crippen molar-refractivity contribution < 1.29 is 37.6 Å². The molecule has 4 heterocycles. The first-order valence-electron chi connectivity index (χ1n) is 22.2. The van der Waals surface area contributed by atoms with Crippen LogP contribution in [0.4, 0.5) is 11.4 Å². The van der Waals surface area contributed by atoms with Gasteiger partial charge in [-0.3, -0.25) is 28.8 Å². The van der Waals surface area contributed by atoms with Gasteiger partial charge in [0.2, 0.25) is 46.9 Å². The van der Waals surface area contributed by atoms with E-state index in [1.807, 2.05) is 36.4 Å². The summed E-state index contributed by atoms with van der Waals surface area (Å²) in [7, 11) is 3.35. The standard InChI is InChI=1S/C46H60N10O8.2ClH/c1-29(47-3)39(57)53-33(45(61)55-25-15-23-35(55)43-49-27-37(63-43)41(59)51-31-17-9-7-10-18-31)21-13-5-6-14-22-34(54-40(58)30(2)48-4)46(62)56-26-16-24-36(56)44-50-28-38(64-44)42(60)52-32-19-11-8-12-20-32;;/h7-12,17-20,27-30,33-36,47-48H,5-6,13-16,21-26H2,1-4H3,(H,51,59)(H,52,60)(H,53,57)(H,54,58);2*1H/t29-,30-,33-,34-,35-,36-;;/m0../s1. The van der Waals surface area contributed by atoms with Crippen LogP contribution in [0, 0.1) is 0 Å². The molecule has 0 unspecified atom stereocenters. The number of anilines is 2. The minimum absolute atomic E-state index is 0. The fourth-order valence-electron chi connectivity index (χ4n) is 7.92. The summed E-state index contributed by atoms with van der Waals surface area (Å²) in [5.74, 6) is -1.46. The zero-order chi connectivity index (χ0) is 45.6. The van der Waals surface area contributed by atoms with Gasteiger partial charge in [0.05, 0.1) is 24.5 Å². The number of halogens is 2. The van der Waals surface area contributed by atoms with Crippen molar-refractivity contribution in [3.05, 3.63) is 96.4 Å². The Kier molecular flexibility index (Phi) is 20.6. The molecule has 0 radical (unpaired) electrons. The number of benzene rings is 2. The van der Waals surface area contributed by atoms with E-state index < -0.39 is 48.1 Å². The molecule has 18 nitrogen and oxygen atoms in total. The Labute approximate surface area is 397 Å². The zero-order valence-corrected chi connectivity index (χ0v) is 39.4. The first-order chi connectivity index (χ1) is 31.0. The number of nitrogens with zero attached hydrogens (tertiary/aromatic N) is 4. The Morgan fingerprint density at radius 3 is 1.35 bits per heavy atom. The van der Waals surface area contributed by atoms with Gasteiger partial charge in [0, 0.05) is 24.5 Å². The van der Waals surface area contributed by atoms with Gasteiger partial charge in [0.15, 0.2) is 0 Å². The van der Waals surface area contributed by atoms with E-state index >= 15 is 0 Å². The van der Waals surface area contributed by atoms with Crippen LogP contribution in [0.15, 0.2) is 81.9 Å². The second-order valence-electron chi connectivity index (χ2n) is 16.3. The fraction of sp³-hybridized carbons (Fsp3) is 0.478. The largest absolute Gasteiger partial charge is 0.433 e. The van der Waals surface area contributed by atoms with Crippen LogP contribution in [-0.4, -0.2) is 107 Å². The Hall–Kier alpha value is -5.82. The average Bonchev–Trinajstić information content (AvgIpc) is 4.16. The van der Waals surface area contributed by atoms with Crippen molar-refractivity contribution in [3.63, 3.8) is 0 Å². The average molecular weight is 954 g/mol. The number of oxazole rings is 2.